The van der Waals surface area contributed by atoms with Crippen molar-refractivity contribution >= 4 is 5.82 Å². The molecule has 0 aromatic rings. The zero-order valence-corrected chi connectivity index (χ0v) is 9.06. The van der Waals surface area contributed by atoms with Gasteiger partial charge in [0.1, 0.15) is 23.7 Å². The zero-order chi connectivity index (χ0) is 10.8. The first-order valence-corrected chi connectivity index (χ1v) is 5.15. The molecule has 5 nitrogen and oxygen atoms in total. The van der Waals surface area contributed by atoms with Crippen LogP contribution in [0.3, 0.4) is 0 Å². The molecule has 5 heteroatoms. The topological polar surface area (TPSA) is 69.6 Å². The number of nitrogen functional groups attached to an aromatic ring is 1. The van der Waals surface area contributed by atoms with Crippen LogP contribution in [0, 0.1) is 0 Å². The molecule has 2 heterocycles. The summed E-state index contributed by atoms with van der Waals surface area (Å²) in [5, 5.41) is 0. The van der Waals surface area contributed by atoms with Gasteiger partial charge >= 0.3 is 0 Å². The predicted octanol–water partition coefficient (Wildman–Crippen LogP) is 1.24. The van der Waals surface area contributed by atoms with E-state index in [-0.39, 0.29) is 0 Å². The lowest BCUT2D eigenvalue weighted by molar-refractivity contribution is 0.694. The summed E-state index contributed by atoms with van der Waals surface area (Å²) in [6.07, 6.45) is 4.68. The fraction of sp³-hybridized carbons (Fsp3) is 0.500. The summed E-state index contributed by atoms with van der Waals surface area (Å²) in [6, 6.07) is 0. The molecule has 0 saturated carbocycles. The van der Waals surface area contributed by atoms with Crippen molar-refractivity contribution in [1.29, 1.82) is 0 Å². The number of nitrogens with two attached hydrogens (primary N) is 1. The van der Waals surface area contributed by atoms with Crippen molar-refractivity contribution in [2.24, 2.45) is 7.05 Å². The average Bonchev–Trinajstić information content (AvgIpc) is 2.69. The quantitative estimate of drug-likeness (QED) is 0.818. The Morgan fingerprint density at radius 1 is 1.40 bits per heavy atom. The van der Waals surface area contributed by atoms with E-state index in [9.17, 15) is 0 Å². The summed E-state index contributed by atoms with van der Waals surface area (Å²) in [6.45, 7) is 2.16. The first-order chi connectivity index (χ1) is 7.24. The molecule has 2 rings (SSSR count). The molecule has 0 saturated heterocycles. The largest absolute Gasteiger partial charge is 0.383 e. The Bertz CT molecular complexity index is 434. The van der Waals surface area contributed by atoms with Crippen LogP contribution in [0.2, 0.25) is 0 Å². The van der Waals surface area contributed by atoms with Crippen molar-refractivity contribution in [1.82, 2.24) is 19.5 Å². The van der Waals surface area contributed by atoms with Crippen LogP contribution in [0.5, 0.6) is 0 Å². The standard InChI is InChI=1S/C10H15N5/c1-3-4-5-7-14-10-8(12-6-13-10)9(11)15(7)2/h6H,3-5,11H2,1-2H3. The van der Waals surface area contributed by atoms with Gasteiger partial charge in [-0.25, -0.2) is 15.0 Å². The van der Waals surface area contributed by atoms with Crippen molar-refractivity contribution < 1.29 is 0 Å². The van der Waals surface area contributed by atoms with Crippen molar-refractivity contribution in [3.63, 3.8) is 0 Å². The maximum atomic E-state index is 5.96. The lowest BCUT2D eigenvalue weighted by Crippen LogP contribution is -2.12. The minimum absolute atomic E-state index is 0.642. The Balaban J connectivity index is 2.46. The van der Waals surface area contributed by atoms with Gasteiger partial charge in [0.25, 0.3) is 0 Å². The minimum Gasteiger partial charge on any atom is -0.383 e. The first-order valence-electron chi connectivity index (χ1n) is 5.15. The van der Waals surface area contributed by atoms with Crippen LogP contribution in [0.1, 0.15) is 25.6 Å². The van der Waals surface area contributed by atoms with Crippen molar-refractivity contribution in [3.8, 4) is 11.5 Å². The summed E-state index contributed by atoms with van der Waals surface area (Å²) in [4.78, 5) is 12.6. The molecule has 0 aliphatic carbocycles. The van der Waals surface area contributed by atoms with E-state index in [0.717, 1.165) is 25.1 Å². The zero-order valence-electron chi connectivity index (χ0n) is 9.06. The highest BCUT2D eigenvalue weighted by Crippen LogP contribution is 2.22. The molecule has 0 radical (unpaired) electrons. The second-order valence-electron chi connectivity index (χ2n) is 3.62. The number of fused-ring (bicyclic) bond motifs is 1. The molecule has 0 aromatic heterocycles. The Morgan fingerprint density at radius 3 is 2.93 bits per heavy atom. The number of nitrogens with zero attached hydrogens (tertiary/aromatic N) is 4. The summed E-state index contributed by atoms with van der Waals surface area (Å²) in [5.41, 5.74) is 6.65. The minimum atomic E-state index is 0.642. The molecule has 0 fully saturated rings. The third-order valence-corrected chi connectivity index (χ3v) is 2.56. The van der Waals surface area contributed by atoms with Gasteiger partial charge in [0.15, 0.2) is 5.82 Å². The van der Waals surface area contributed by atoms with E-state index in [1.807, 2.05) is 11.6 Å². The number of anilines is 1. The molecular weight excluding hydrogens is 190 g/mol. The molecule has 80 valence electrons. The van der Waals surface area contributed by atoms with E-state index >= 15 is 0 Å². The van der Waals surface area contributed by atoms with Crippen molar-refractivity contribution in [2.45, 2.75) is 26.2 Å². The maximum Gasteiger partial charge on any atom is 0.185 e. The number of aromatic nitrogens is 4. The van der Waals surface area contributed by atoms with Gasteiger partial charge in [0, 0.05) is 13.5 Å². The van der Waals surface area contributed by atoms with Crippen LogP contribution in [0.4, 0.5) is 5.82 Å². The molecule has 0 bridgehead atoms. The maximum absolute atomic E-state index is 5.96. The SMILES string of the molecule is CCCCc1nc2ncnc-2c(N)n1C. The normalized spacial score (nSPS) is 11.1. The molecule has 0 aromatic carbocycles. The fourth-order valence-corrected chi connectivity index (χ4v) is 1.58. The fourth-order valence-electron chi connectivity index (χ4n) is 1.58. The lowest BCUT2D eigenvalue weighted by Gasteiger charge is -2.12. The highest BCUT2D eigenvalue weighted by atomic mass is 15.1. The summed E-state index contributed by atoms with van der Waals surface area (Å²) in [5.74, 6) is 2.27. The number of unbranched alkanes of at least 4 members (excludes halogenated alkanes) is 1. The highest BCUT2D eigenvalue weighted by molar-refractivity contribution is 5.65. The molecule has 0 spiro atoms. The van der Waals surface area contributed by atoms with E-state index in [1.54, 1.807) is 0 Å². The lowest BCUT2D eigenvalue weighted by atomic mass is 10.2. The number of hydrogen-bond donors (Lipinski definition) is 1. The molecule has 2 aliphatic heterocycles. The van der Waals surface area contributed by atoms with Gasteiger partial charge < -0.3 is 10.3 Å². The Morgan fingerprint density at radius 2 is 2.20 bits per heavy atom. The average molecular weight is 205 g/mol. The molecule has 2 N–H and O–H groups in total. The van der Waals surface area contributed by atoms with E-state index < -0.39 is 0 Å². The molecule has 0 amide bonds. The van der Waals surface area contributed by atoms with Crippen LogP contribution in [0.15, 0.2) is 6.33 Å². The number of rotatable bonds is 3. The second-order valence-corrected chi connectivity index (χ2v) is 3.62. The predicted molar refractivity (Wildman–Crippen MR) is 58.4 cm³/mol. The number of aryl methyl sites for hydroxylation is 1. The smallest absolute Gasteiger partial charge is 0.185 e. The van der Waals surface area contributed by atoms with Gasteiger partial charge in [0.05, 0.1) is 0 Å². The molecule has 0 unspecified atom stereocenters. The van der Waals surface area contributed by atoms with Gasteiger partial charge in [-0.2, -0.15) is 0 Å². The Hall–Kier alpha value is -1.65. The Labute approximate surface area is 88.7 Å². The van der Waals surface area contributed by atoms with Crippen LogP contribution < -0.4 is 5.73 Å². The Kier molecular flexibility index (Phi) is 2.53. The summed E-state index contributed by atoms with van der Waals surface area (Å²) >= 11 is 0. The third kappa shape index (κ3) is 1.65. The molecule has 0 atom stereocenters. The van der Waals surface area contributed by atoms with Gasteiger partial charge in [-0.15, -0.1) is 0 Å². The van der Waals surface area contributed by atoms with Crippen LogP contribution in [0.25, 0.3) is 11.5 Å². The molecular formula is C10H15N5. The summed E-state index contributed by atoms with van der Waals surface area (Å²) in [7, 11) is 1.92. The van der Waals surface area contributed by atoms with E-state index in [0.29, 0.717) is 17.3 Å². The van der Waals surface area contributed by atoms with Crippen molar-refractivity contribution in [3.05, 3.63) is 12.2 Å². The first kappa shape index (κ1) is 9.89. The number of hydrogen-bond acceptors (Lipinski definition) is 4. The van der Waals surface area contributed by atoms with Crippen LogP contribution >= 0.6 is 0 Å². The molecule has 2 aliphatic rings. The van der Waals surface area contributed by atoms with E-state index in [1.165, 1.54) is 6.33 Å². The monoisotopic (exact) mass is 205 g/mol. The van der Waals surface area contributed by atoms with Crippen LogP contribution in [-0.2, 0) is 13.5 Å². The summed E-state index contributed by atoms with van der Waals surface area (Å²) < 4.78 is 1.90. The highest BCUT2D eigenvalue weighted by Gasteiger charge is 2.15. The molecule has 15 heavy (non-hydrogen) atoms. The van der Waals surface area contributed by atoms with Gasteiger partial charge in [-0.1, -0.05) is 13.3 Å². The number of imidazole rings is 1. The van der Waals surface area contributed by atoms with E-state index in [4.69, 9.17) is 5.73 Å². The second kappa shape index (κ2) is 3.84. The third-order valence-electron chi connectivity index (χ3n) is 2.56. The van der Waals surface area contributed by atoms with Gasteiger partial charge in [-0.3, -0.25) is 0 Å². The van der Waals surface area contributed by atoms with E-state index in [2.05, 4.69) is 21.9 Å². The van der Waals surface area contributed by atoms with Crippen molar-refractivity contribution in [2.75, 3.05) is 5.73 Å². The van der Waals surface area contributed by atoms with Crippen LogP contribution in [-0.4, -0.2) is 19.5 Å². The van der Waals surface area contributed by atoms with Gasteiger partial charge in [0.2, 0.25) is 0 Å². The van der Waals surface area contributed by atoms with Gasteiger partial charge in [-0.05, 0) is 6.42 Å².